The van der Waals surface area contributed by atoms with Crippen molar-refractivity contribution in [3.8, 4) is 0 Å². The normalized spacial score (nSPS) is 10.3. The van der Waals surface area contributed by atoms with Gasteiger partial charge in [0.15, 0.2) is 0 Å². The van der Waals surface area contributed by atoms with E-state index in [2.05, 4.69) is 16.0 Å². The second-order valence-corrected chi connectivity index (χ2v) is 4.22. The number of aliphatic hydroxyl groups excluding tert-OH is 1. The second kappa shape index (κ2) is 8.60. The number of hydrogen-bond donors (Lipinski definition) is 5. The molecule has 1 heterocycles. The van der Waals surface area contributed by atoms with Gasteiger partial charge >= 0.3 is 0 Å². The van der Waals surface area contributed by atoms with Crippen molar-refractivity contribution >= 4 is 35.1 Å². The summed E-state index contributed by atoms with van der Waals surface area (Å²) in [6, 6.07) is 5.44. The van der Waals surface area contributed by atoms with Crippen molar-refractivity contribution in [3.05, 3.63) is 35.4 Å². The molecule has 7 N–H and O–H groups in total. The molecule has 0 unspecified atom stereocenters. The molecule has 7 heteroatoms. The summed E-state index contributed by atoms with van der Waals surface area (Å²) >= 11 is 0. The van der Waals surface area contributed by atoms with E-state index in [0.29, 0.717) is 29.6 Å². The highest BCUT2D eigenvalue weighted by molar-refractivity contribution is 6.12. The molecule has 118 valence electrons. The molecule has 2 amide bonds. The third-order valence-corrected chi connectivity index (χ3v) is 2.88. The van der Waals surface area contributed by atoms with E-state index in [0.717, 1.165) is 5.56 Å². The molecule has 0 radical (unpaired) electrons. The average Bonchev–Trinajstić information content (AvgIpc) is 2.87. The van der Waals surface area contributed by atoms with Crippen molar-refractivity contribution in [1.82, 2.24) is 4.98 Å². The van der Waals surface area contributed by atoms with E-state index in [9.17, 15) is 9.59 Å². The molecule has 0 fully saturated rings. The standard InChI is InChI=1S/C14H15N3O3.CH5N/c15-13(20)12-10-5-4-9(3-1-2-6-18)7-11(10)17-14(12)16-8-19;1-2/h1,3-5,7-8,17-18H,2,6H2,(H2,15,20)(H,16,19);2H2,1H3/b3-1+;. The summed E-state index contributed by atoms with van der Waals surface area (Å²) in [5, 5.41) is 11.8. The Morgan fingerprint density at radius 1 is 1.41 bits per heavy atom. The first kappa shape index (κ1) is 17.4. The number of primary amides is 1. The minimum absolute atomic E-state index is 0.0977. The molecule has 0 atom stereocenters. The Morgan fingerprint density at radius 2 is 2.14 bits per heavy atom. The first-order valence-electron chi connectivity index (χ1n) is 6.68. The van der Waals surface area contributed by atoms with E-state index < -0.39 is 5.91 Å². The Labute approximate surface area is 128 Å². The molecule has 1 aromatic heterocycles. The van der Waals surface area contributed by atoms with Gasteiger partial charge in [0, 0.05) is 17.5 Å². The van der Waals surface area contributed by atoms with E-state index in [1.807, 2.05) is 24.3 Å². The molecule has 0 spiro atoms. The molecule has 2 aromatic rings. The third kappa shape index (κ3) is 3.94. The summed E-state index contributed by atoms with van der Waals surface area (Å²) in [6.07, 6.45) is 4.78. The van der Waals surface area contributed by atoms with E-state index in [4.69, 9.17) is 10.8 Å². The monoisotopic (exact) mass is 304 g/mol. The number of H-pyrrole nitrogens is 1. The summed E-state index contributed by atoms with van der Waals surface area (Å²) in [6.45, 7) is 0.0977. The number of nitrogens with one attached hydrogen (secondary N) is 2. The van der Waals surface area contributed by atoms with E-state index in [-0.39, 0.29) is 12.2 Å². The van der Waals surface area contributed by atoms with Gasteiger partial charge in [-0.1, -0.05) is 24.3 Å². The van der Waals surface area contributed by atoms with Crippen LogP contribution in [0, 0.1) is 0 Å². The lowest BCUT2D eigenvalue weighted by molar-refractivity contribution is -0.105. The maximum absolute atomic E-state index is 11.5. The average molecular weight is 304 g/mol. The van der Waals surface area contributed by atoms with Gasteiger partial charge in [-0.05, 0) is 25.1 Å². The Bertz CT molecular complexity index is 677. The SMILES string of the molecule is CN.NC(=O)c1c(NC=O)[nH]c2cc(/C=C/CCO)ccc12. The van der Waals surface area contributed by atoms with Crippen LogP contribution in [0.2, 0.25) is 0 Å². The predicted molar refractivity (Wildman–Crippen MR) is 87.4 cm³/mol. The largest absolute Gasteiger partial charge is 0.396 e. The molecule has 1 aromatic carbocycles. The Morgan fingerprint density at radius 3 is 2.73 bits per heavy atom. The van der Waals surface area contributed by atoms with Crippen LogP contribution in [-0.2, 0) is 4.79 Å². The second-order valence-electron chi connectivity index (χ2n) is 4.22. The molecule has 22 heavy (non-hydrogen) atoms. The molecule has 0 aliphatic carbocycles. The number of carbonyl (C=O) groups is 2. The number of nitrogens with two attached hydrogens (primary N) is 2. The topological polar surface area (TPSA) is 134 Å². The van der Waals surface area contributed by atoms with Gasteiger partial charge in [0.25, 0.3) is 5.91 Å². The van der Waals surface area contributed by atoms with Crippen molar-refractivity contribution in [2.75, 3.05) is 19.0 Å². The Balaban J connectivity index is 0.00000116. The quantitative estimate of drug-likeness (QED) is 0.505. The number of aromatic amines is 1. The van der Waals surface area contributed by atoms with Crippen molar-refractivity contribution in [2.45, 2.75) is 6.42 Å². The summed E-state index contributed by atoms with van der Waals surface area (Å²) in [7, 11) is 1.50. The van der Waals surface area contributed by atoms with Crippen molar-refractivity contribution in [2.24, 2.45) is 11.5 Å². The van der Waals surface area contributed by atoms with Crippen LogP contribution in [0.15, 0.2) is 24.3 Å². The molecule has 7 nitrogen and oxygen atoms in total. The number of amides is 2. The van der Waals surface area contributed by atoms with Crippen LogP contribution >= 0.6 is 0 Å². The molecule has 2 rings (SSSR count). The van der Waals surface area contributed by atoms with E-state index in [1.165, 1.54) is 7.05 Å². The number of benzene rings is 1. The van der Waals surface area contributed by atoms with Gasteiger partial charge in [0.05, 0.1) is 5.56 Å². The zero-order chi connectivity index (χ0) is 16.5. The maximum Gasteiger partial charge on any atom is 0.253 e. The van der Waals surface area contributed by atoms with Crippen LogP contribution in [0.4, 0.5) is 5.82 Å². The van der Waals surface area contributed by atoms with Gasteiger partial charge in [0.1, 0.15) is 5.82 Å². The minimum atomic E-state index is -0.607. The van der Waals surface area contributed by atoms with Crippen LogP contribution in [0.5, 0.6) is 0 Å². The molecule has 0 aliphatic rings. The van der Waals surface area contributed by atoms with Gasteiger partial charge in [-0.15, -0.1) is 0 Å². The number of aromatic nitrogens is 1. The fourth-order valence-electron chi connectivity index (χ4n) is 2.04. The van der Waals surface area contributed by atoms with Crippen molar-refractivity contribution in [1.29, 1.82) is 0 Å². The first-order chi connectivity index (χ1) is 10.7. The molecule has 0 saturated heterocycles. The molecule has 0 saturated carbocycles. The first-order valence-corrected chi connectivity index (χ1v) is 6.68. The number of anilines is 1. The van der Waals surface area contributed by atoms with Crippen molar-refractivity contribution in [3.63, 3.8) is 0 Å². The van der Waals surface area contributed by atoms with E-state index >= 15 is 0 Å². The van der Waals surface area contributed by atoms with Gasteiger partial charge in [0.2, 0.25) is 6.41 Å². The van der Waals surface area contributed by atoms with Crippen LogP contribution in [0.1, 0.15) is 22.3 Å². The van der Waals surface area contributed by atoms with Crippen LogP contribution in [-0.4, -0.2) is 36.1 Å². The fourth-order valence-corrected chi connectivity index (χ4v) is 2.04. The minimum Gasteiger partial charge on any atom is -0.396 e. The van der Waals surface area contributed by atoms with Gasteiger partial charge in [-0.2, -0.15) is 0 Å². The predicted octanol–water partition coefficient (Wildman–Crippen LogP) is 0.806. The Kier molecular flexibility index (Phi) is 6.81. The lowest BCUT2D eigenvalue weighted by Gasteiger charge is -1.98. The number of fused-ring (bicyclic) bond motifs is 1. The number of aliphatic hydroxyl groups is 1. The van der Waals surface area contributed by atoms with Gasteiger partial charge in [-0.25, -0.2) is 0 Å². The summed E-state index contributed by atoms with van der Waals surface area (Å²) in [5.41, 5.74) is 11.7. The summed E-state index contributed by atoms with van der Waals surface area (Å²) < 4.78 is 0. The van der Waals surface area contributed by atoms with Crippen LogP contribution in [0.3, 0.4) is 0 Å². The van der Waals surface area contributed by atoms with Gasteiger partial charge < -0.3 is 26.9 Å². The summed E-state index contributed by atoms with van der Waals surface area (Å²) in [4.78, 5) is 25.0. The van der Waals surface area contributed by atoms with Crippen LogP contribution < -0.4 is 16.8 Å². The molecule has 0 bridgehead atoms. The lowest BCUT2D eigenvalue weighted by atomic mass is 10.1. The highest BCUT2D eigenvalue weighted by atomic mass is 16.2. The van der Waals surface area contributed by atoms with Crippen LogP contribution in [0.25, 0.3) is 17.0 Å². The Hall–Kier alpha value is -2.64. The summed E-state index contributed by atoms with van der Waals surface area (Å²) in [5.74, 6) is -0.317. The number of carbonyl (C=O) groups excluding carboxylic acids is 2. The smallest absolute Gasteiger partial charge is 0.253 e. The third-order valence-electron chi connectivity index (χ3n) is 2.88. The zero-order valence-corrected chi connectivity index (χ0v) is 12.3. The number of rotatable bonds is 6. The molecular weight excluding hydrogens is 284 g/mol. The highest BCUT2D eigenvalue weighted by Crippen LogP contribution is 2.26. The number of hydrogen-bond acceptors (Lipinski definition) is 4. The maximum atomic E-state index is 11.5. The highest BCUT2D eigenvalue weighted by Gasteiger charge is 2.15. The van der Waals surface area contributed by atoms with Crippen molar-refractivity contribution < 1.29 is 14.7 Å². The molecule has 0 aliphatic heterocycles. The molecular formula is C15H20N4O3. The van der Waals surface area contributed by atoms with Gasteiger partial charge in [-0.3, -0.25) is 9.59 Å². The van der Waals surface area contributed by atoms with E-state index in [1.54, 1.807) is 6.07 Å². The fraction of sp³-hybridized carbons (Fsp3) is 0.200. The lowest BCUT2D eigenvalue weighted by Crippen LogP contribution is -2.13. The zero-order valence-electron chi connectivity index (χ0n) is 12.3.